The van der Waals surface area contributed by atoms with Gasteiger partial charge in [0, 0.05) is 0 Å². The molecule has 0 spiro atoms. The fourth-order valence-electron chi connectivity index (χ4n) is 4.02. The van der Waals surface area contributed by atoms with Crippen LogP contribution in [0.5, 0.6) is 5.75 Å². The van der Waals surface area contributed by atoms with Crippen LogP contribution in [0, 0.1) is 0 Å². The molecule has 5 rings (SSSR count). The summed E-state index contributed by atoms with van der Waals surface area (Å²) in [7, 11) is 1.70. The van der Waals surface area contributed by atoms with Gasteiger partial charge in [-0.3, -0.25) is 0 Å². The number of hydrogen-bond acceptors (Lipinski definition) is 3. The average molecular weight is 355 g/mol. The van der Waals surface area contributed by atoms with Gasteiger partial charge in [-0.15, -0.1) is 0 Å². The van der Waals surface area contributed by atoms with Crippen LogP contribution in [-0.4, -0.2) is 16.7 Å². The van der Waals surface area contributed by atoms with E-state index in [0.29, 0.717) is 0 Å². The number of imidazole rings is 1. The third-order valence-electron chi connectivity index (χ3n) is 5.37. The van der Waals surface area contributed by atoms with E-state index in [1.54, 1.807) is 7.11 Å². The first-order chi connectivity index (χ1) is 13.3. The van der Waals surface area contributed by atoms with E-state index >= 15 is 0 Å². The number of aromatic nitrogens is 2. The highest BCUT2D eigenvalue weighted by Gasteiger charge is 2.30. The first-order valence-corrected chi connectivity index (χ1v) is 9.26. The Hall–Kier alpha value is -3.27. The van der Waals surface area contributed by atoms with E-state index in [1.807, 2.05) is 18.2 Å². The Kier molecular flexibility index (Phi) is 3.82. The molecule has 0 saturated heterocycles. The lowest BCUT2D eigenvalue weighted by atomic mass is 9.93. The minimum atomic E-state index is 0.213. The number of para-hydroxylation sites is 2. The summed E-state index contributed by atoms with van der Waals surface area (Å²) in [4.78, 5) is 4.87. The molecule has 2 atom stereocenters. The standard InChI is InChI=1S/C23H21N3O/c1-27-18-13-11-17(12-14-18)22-15-20(16-7-3-2-4-8-16)25-23-24-19-9-5-6-10-21(19)26(22)23/h2-14,20,22H,15H2,1H3,(H,24,25)/t20-,22+/m0/s1. The lowest BCUT2D eigenvalue weighted by molar-refractivity contribution is 0.414. The molecule has 0 unspecified atom stereocenters. The molecule has 4 aromatic rings. The van der Waals surface area contributed by atoms with Gasteiger partial charge in [0.25, 0.3) is 0 Å². The summed E-state index contributed by atoms with van der Waals surface area (Å²) in [6, 6.07) is 27.8. The molecule has 0 amide bonds. The largest absolute Gasteiger partial charge is 0.497 e. The summed E-state index contributed by atoms with van der Waals surface area (Å²) in [5, 5.41) is 3.65. The number of ether oxygens (including phenoxy) is 1. The highest BCUT2D eigenvalue weighted by Crippen LogP contribution is 2.41. The van der Waals surface area contributed by atoms with Crippen molar-refractivity contribution in [3.8, 4) is 5.75 Å². The monoisotopic (exact) mass is 355 g/mol. The summed E-state index contributed by atoms with van der Waals surface area (Å²) < 4.78 is 7.67. The first kappa shape index (κ1) is 15.9. The van der Waals surface area contributed by atoms with Gasteiger partial charge < -0.3 is 14.6 Å². The Morgan fingerprint density at radius 1 is 0.889 bits per heavy atom. The van der Waals surface area contributed by atoms with Crippen molar-refractivity contribution in [1.82, 2.24) is 9.55 Å². The Bertz CT molecular complexity index is 1070. The predicted octanol–water partition coefficient (Wildman–Crippen LogP) is 5.19. The van der Waals surface area contributed by atoms with Gasteiger partial charge in [-0.25, -0.2) is 4.98 Å². The molecule has 4 nitrogen and oxygen atoms in total. The molecule has 3 aromatic carbocycles. The number of rotatable bonds is 3. The maximum absolute atomic E-state index is 5.34. The first-order valence-electron chi connectivity index (χ1n) is 9.26. The highest BCUT2D eigenvalue weighted by molar-refractivity contribution is 5.79. The number of nitrogens with one attached hydrogen (secondary N) is 1. The zero-order valence-corrected chi connectivity index (χ0v) is 15.2. The fraction of sp³-hybridized carbons (Fsp3) is 0.174. The van der Waals surface area contributed by atoms with E-state index in [1.165, 1.54) is 11.1 Å². The van der Waals surface area contributed by atoms with E-state index in [2.05, 4.69) is 70.5 Å². The van der Waals surface area contributed by atoms with Crippen LogP contribution in [0.3, 0.4) is 0 Å². The smallest absolute Gasteiger partial charge is 0.204 e. The van der Waals surface area contributed by atoms with Crippen molar-refractivity contribution >= 4 is 17.0 Å². The van der Waals surface area contributed by atoms with Crippen LogP contribution in [0.2, 0.25) is 0 Å². The molecule has 0 bridgehead atoms. The maximum Gasteiger partial charge on any atom is 0.204 e. The molecule has 4 heteroatoms. The van der Waals surface area contributed by atoms with E-state index < -0.39 is 0 Å². The molecule has 0 aliphatic carbocycles. The molecular formula is C23H21N3O. The van der Waals surface area contributed by atoms with Crippen LogP contribution in [-0.2, 0) is 0 Å². The van der Waals surface area contributed by atoms with Crippen molar-refractivity contribution in [2.45, 2.75) is 18.5 Å². The van der Waals surface area contributed by atoms with Crippen LogP contribution in [0.15, 0.2) is 78.9 Å². The second kappa shape index (κ2) is 6.47. The van der Waals surface area contributed by atoms with Crippen molar-refractivity contribution in [2.24, 2.45) is 0 Å². The minimum absolute atomic E-state index is 0.213. The molecule has 0 saturated carbocycles. The molecule has 2 heterocycles. The van der Waals surface area contributed by atoms with Crippen LogP contribution in [0.25, 0.3) is 11.0 Å². The Morgan fingerprint density at radius 2 is 1.63 bits per heavy atom. The summed E-state index contributed by atoms with van der Waals surface area (Å²) in [6.45, 7) is 0. The summed E-state index contributed by atoms with van der Waals surface area (Å²) in [6.07, 6.45) is 0.962. The predicted molar refractivity (Wildman–Crippen MR) is 108 cm³/mol. The number of anilines is 1. The number of hydrogen-bond donors (Lipinski definition) is 1. The number of fused-ring (bicyclic) bond motifs is 3. The third-order valence-corrected chi connectivity index (χ3v) is 5.37. The van der Waals surface area contributed by atoms with Gasteiger partial charge >= 0.3 is 0 Å². The number of nitrogens with zero attached hydrogens (tertiary/aromatic N) is 2. The molecule has 0 radical (unpaired) electrons. The Labute approximate surface area is 158 Å². The molecule has 0 fully saturated rings. The summed E-state index contributed by atoms with van der Waals surface area (Å²) in [5.74, 6) is 1.81. The average Bonchev–Trinajstić information content (AvgIpc) is 3.12. The molecule has 27 heavy (non-hydrogen) atoms. The van der Waals surface area contributed by atoms with Gasteiger partial charge in [-0.1, -0.05) is 54.6 Å². The topological polar surface area (TPSA) is 39.1 Å². The fourth-order valence-corrected chi connectivity index (χ4v) is 4.02. The highest BCUT2D eigenvalue weighted by atomic mass is 16.5. The Balaban J connectivity index is 1.65. The van der Waals surface area contributed by atoms with Crippen LogP contribution >= 0.6 is 0 Å². The van der Waals surface area contributed by atoms with E-state index in [4.69, 9.17) is 9.72 Å². The van der Waals surface area contributed by atoms with E-state index in [-0.39, 0.29) is 12.1 Å². The molecule has 1 aliphatic rings. The van der Waals surface area contributed by atoms with Crippen molar-refractivity contribution in [2.75, 3.05) is 12.4 Å². The van der Waals surface area contributed by atoms with Crippen LogP contribution < -0.4 is 10.1 Å². The molecule has 134 valence electrons. The van der Waals surface area contributed by atoms with Gasteiger partial charge in [0.2, 0.25) is 5.95 Å². The molecule has 1 N–H and O–H groups in total. The van der Waals surface area contributed by atoms with Gasteiger partial charge in [-0.05, 0) is 41.8 Å². The molecule has 1 aliphatic heterocycles. The van der Waals surface area contributed by atoms with Crippen molar-refractivity contribution < 1.29 is 4.74 Å². The van der Waals surface area contributed by atoms with Crippen molar-refractivity contribution in [3.05, 3.63) is 90.0 Å². The third kappa shape index (κ3) is 2.74. The maximum atomic E-state index is 5.34. The number of methoxy groups -OCH3 is 1. The van der Waals surface area contributed by atoms with Gasteiger partial charge in [-0.2, -0.15) is 0 Å². The lowest BCUT2D eigenvalue weighted by Gasteiger charge is -2.33. The quantitative estimate of drug-likeness (QED) is 0.549. The molecular weight excluding hydrogens is 334 g/mol. The minimum Gasteiger partial charge on any atom is -0.497 e. The Morgan fingerprint density at radius 3 is 2.41 bits per heavy atom. The SMILES string of the molecule is COc1ccc([C@H]2C[C@@H](c3ccccc3)Nc3nc4ccccc4n32)cc1. The van der Waals surface area contributed by atoms with Gasteiger partial charge in [0.05, 0.1) is 30.2 Å². The van der Waals surface area contributed by atoms with E-state index in [9.17, 15) is 0 Å². The van der Waals surface area contributed by atoms with E-state index in [0.717, 1.165) is 29.2 Å². The molecule has 1 aromatic heterocycles. The van der Waals surface area contributed by atoms with Crippen LogP contribution in [0.4, 0.5) is 5.95 Å². The summed E-state index contributed by atoms with van der Waals surface area (Å²) in [5.41, 5.74) is 4.73. The second-order valence-electron chi connectivity index (χ2n) is 6.93. The van der Waals surface area contributed by atoms with Gasteiger partial charge in [0.15, 0.2) is 0 Å². The van der Waals surface area contributed by atoms with Crippen LogP contribution in [0.1, 0.15) is 29.6 Å². The zero-order valence-electron chi connectivity index (χ0n) is 15.2. The van der Waals surface area contributed by atoms with Gasteiger partial charge in [0.1, 0.15) is 5.75 Å². The normalized spacial score (nSPS) is 18.7. The zero-order chi connectivity index (χ0) is 18.2. The summed E-state index contributed by atoms with van der Waals surface area (Å²) >= 11 is 0. The van der Waals surface area contributed by atoms with Crippen molar-refractivity contribution in [1.29, 1.82) is 0 Å². The second-order valence-corrected chi connectivity index (χ2v) is 6.93. The van der Waals surface area contributed by atoms with Crippen molar-refractivity contribution in [3.63, 3.8) is 0 Å². The lowest BCUT2D eigenvalue weighted by Crippen LogP contribution is -2.27. The number of benzene rings is 3.